The van der Waals surface area contributed by atoms with Gasteiger partial charge in [-0.05, 0) is 30.2 Å². The molecule has 2 heterocycles. The molecule has 3 aromatic rings. The van der Waals surface area contributed by atoms with Gasteiger partial charge in [0.2, 0.25) is 0 Å². The maximum absolute atomic E-state index is 12.3. The third kappa shape index (κ3) is 4.69. The number of amides is 1. The number of rotatable bonds is 8. The molecule has 0 unspecified atom stereocenters. The number of halogens is 1. The van der Waals surface area contributed by atoms with Crippen LogP contribution in [0.2, 0.25) is 5.02 Å². The third-order valence-electron chi connectivity index (χ3n) is 4.18. The molecule has 1 atom stereocenters. The molecule has 4 N–H and O–H groups in total. The fraction of sp³-hybridized carbons (Fsp3) is 0.263. The van der Waals surface area contributed by atoms with Crippen molar-refractivity contribution in [3.05, 3.63) is 59.0 Å². The first-order chi connectivity index (χ1) is 13.1. The fourth-order valence-electron chi connectivity index (χ4n) is 2.61. The summed E-state index contributed by atoms with van der Waals surface area (Å²) in [5.74, 6) is 0.247. The van der Waals surface area contributed by atoms with Gasteiger partial charge >= 0.3 is 0 Å². The Morgan fingerprint density at radius 1 is 1.41 bits per heavy atom. The Hall–Kier alpha value is -2.77. The van der Waals surface area contributed by atoms with Crippen molar-refractivity contribution in [2.45, 2.75) is 25.9 Å². The number of anilines is 1. The molecule has 0 bridgehead atoms. The summed E-state index contributed by atoms with van der Waals surface area (Å²) in [5.41, 5.74) is 2.82. The number of aliphatic hydroxyl groups excluding tert-OH is 1. The zero-order valence-corrected chi connectivity index (χ0v) is 15.6. The zero-order chi connectivity index (χ0) is 19.2. The summed E-state index contributed by atoms with van der Waals surface area (Å²) in [7, 11) is 0. The molecule has 27 heavy (non-hydrogen) atoms. The summed E-state index contributed by atoms with van der Waals surface area (Å²) in [6, 6.07) is 8.97. The van der Waals surface area contributed by atoms with Gasteiger partial charge in [0.1, 0.15) is 11.4 Å². The van der Waals surface area contributed by atoms with Crippen molar-refractivity contribution < 1.29 is 14.4 Å². The van der Waals surface area contributed by atoms with Crippen LogP contribution in [0, 0.1) is 0 Å². The first-order valence-corrected chi connectivity index (χ1v) is 9.02. The number of carbonyl (C=O) groups excluding carboxylic acids is 1. The van der Waals surface area contributed by atoms with E-state index in [0.717, 1.165) is 5.56 Å². The molecule has 0 saturated carbocycles. The highest BCUT2D eigenvalue weighted by Crippen LogP contribution is 2.29. The number of hydrogen-bond donors (Lipinski definition) is 4. The van der Waals surface area contributed by atoms with E-state index in [1.807, 2.05) is 31.2 Å². The number of H-pyrrole nitrogens is 1. The van der Waals surface area contributed by atoms with Crippen molar-refractivity contribution in [2.75, 3.05) is 11.9 Å². The second-order valence-corrected chi connectivity index (χ2v) is 6.55. The van der Waals surface area contributed by atoms with Gasteiger partial charge in [0.25, 0.3) is 5.91 Å². The van der Waals surface area contributed by atoms with Crippen LogP contribution in [0.3, 0.4) is 0 Å². The second kappa shape index (κ2) is 8.75. The van der Waals surface area contributed by atoms with Crippen LogP contribution in [-0.2, 0) is 6.54 Å². The van der Waals surface area contributed by atoms with E-state index >= 15 is 0 Å². The van der Waals surface area contributed by atoms with Gasteiger partial charge in [-0.2, -0.15) is 0 Å². The zero-order valence-electron chi connectivity index (χ0n) is 14.8. The number of hydrogen-bond acceptors (Lipinski definition) is 5. The molecule has 1 amide bonds. The van der Waals surface area contributed by atoms with Gasteiger partial charge in [-0.15, -0.1) is 0 Å². The molecular formula is C19H21ClN4O3. The fourth-order valence-corrected chi connectivity index (χ4v) is 2.83. The van der Waals surface area contributed by atoms with Gasteiger partial charge in [0, 0.05) is 23.3 Å². The minimum absolute atomic E-state index is 0.102. The lowest BCUT2D eigenvalue weighted by atomic mass is 10.2. The van der Waals surface area contributed by atoms with Crippen molar-refractivity contribution >= 4 is 23.2 Å². The Labute approximate surface area is 161 Å². The molecule has 0 spiro atoms. The van der Waals surface area contributed by atoms with Crippen molar-refractivity contribution in [3.8, 4) is 11.3 Å². The highest BCUT2D eigenvalue weighted by Gasteiger charge is 2.17. The number of nitrogens with one attached hydrogen (secondary N) is 3. The maximum Gasteiger partial charge on any atom is 0.268 e. The van der Waals surface area contributed by atoms with Crippen LogP contribution in [0.4, 0.5) is 5.69 Å². The number of carbonyl (C=O) groups is 1. The number of aliphatic hydroxyl groups is 1. The highest BCUT2D eigenvalue weighted by atomic mass is 35.5. The summed E-state index contributed by atoms with van der Waals surface area (Å²) in [5, 5.41) is 19.8. The highest BCUT2D eigenvalue weighted by molar-refractivity contribution is 6.30. The van der Waals surface area contributed by atoms with E-state index in [9.17, 15) is 9.90 Å². The van der Waals surface area contributed by atoms with Crippen LogP contribution in [0.15, 0.2) is 47.2 Å². The number of nitrogens with zero attached hydrogens (tertiary/aromatic N) is 1. The van der Waals surface area contributed by atoms with Gasteiger partial charge in [0.05, 0.1) is 18.8 Å². The Balaban J connectivity index is 1.70. The van der Waals surface area contributed by atoms with Crippen LogP contribution in [0.5, 0.6) is 0 Å². The predicted octanol–water partition coefficient (Wildman–Crippen LogP) is 3.44. The monoisotopic (exact) mass is 388 g/mol. The standard InChI is InChI=1S/C19H21ClN4O3/c1-2-15(11-25)24-19(26)16-7-13(9-22-16)18-17(10-23-27-18)21-8-12-4-3-5-14(20)6-12/h3-7,9-10,15,21-22,25H,2,8,11H2,1H3,(H,24,26)/t15-/m1/s1. The van der Waals surface area contributed by atoms with Crippen molar-refractivity contribution in [2.24, 2.45) is 0 Å². The first kappa shape index (κ1) is 19.0. The quantitative estimate of drug-likeness (QED) is 0.473. The van der Waals surface area contributed by atoms with Crippen molar-refractivity contribution in [1.29, 1.82) is 0 Å². The Morgan fingerprint density at radius 3 is 3.00 bits per heavy atom. The van der Waals surface area contributed by atoms with Crippen LogP contribution < -0.4 is 10.6 Å². The molecule has 0 saturated heterocycles. The van der Waals surface area contributed by atoms with Gasteiger partial charge < -0.3 is 25.2 Å². The van der Waals surface area contributed by atoms with E-state index in [1.165, 1.54) is 0 Å². The van der Waals surface area contributed by atoms with E-state index in [1.54, 1.807) is 18.5 Å². The molecule has 0 aliphatic carbocycles. The predicted molar refractivity (Wildman–Crippen MR) is 104 cm³/mol. The lowest BCUT2D eigenvalue weighted by molar-refractivity contribution is 0.0910. The molecule has 142 valence electrons. The molecule has 0 aliphatic heterocycles. The molecule has 8 heteroatoms. The first-order valence-electron chi connectivity index (χ1n) is 8.64. The van der Waals surface area contributed by atoms with Gasteiger partial charge in [-0.25, -0.2) is 0 Å². The van der Waals surface area contributed by atoms with Crippen molar-refractivity contribution in [1.82, 2.24) is 15.5 Å². The van der Waals surface area contributed by atoms with Crippen LogP contribution in [-0.4, -0.2) is 33.8 Å². The molecule has 3 rings (SSSR count). The molecule has 2 aromatic heterocycles. The van der Waals surface area contributed by atoms with E-state index in [-0.39, 0.29) is 18.6 Å². The van der Waals surface area contributed by atoms with E-state index in [0.29, 0.717) is 40.7 Å². The molecule has 7 nitrogen and oxygen atoms in total. The summed E-state index contributed by atoms with van der Waals surface area (Å²) in [6.45, 7) is 2.35. The average Bonchev–Trinajstić information content (AvgIpc) is 3.33. The topological polar surface area (TPSA) is 103 Å². The van der Waals surface area contributed by atoms with Gasteiger partial charge in [-0.1, -0.05) is 35.8 Å². The lowest BCUT2D eigenvalue weighted by Gasteiger charge is -2.12. The average molecular weight is 389 g/mol. The summed E-state index contributed by atoms with van der Waals surface area (Å²) in [6.07, 6.45) is 3.92. The third-order valence-corrected chi connectivity index (χ3v) is 4.42. The van der Waals surface area contributed by atoms with E-state index in [2.05, 4.69) is 20.8 Å². The molecule has 0 aliphatic rings. The normalized spacial score (nSPS) is 12.0. The number of benzene rings is 1. The second-order valence-electron chi connectivity index (χ2n) is 6.12. The van der Waals surface area contributed by atoms with Crippen molar-refractivity contribution in [3.63, 3.8) is 0 Å². The molecular weight excluding hydrogens is 368 g/mol. The van der Waals surface area contributed by atoms with Crippen LogP contribution in [0.25, 0.3) is 11.3 Å². The number of aromatic nitrogens is 2. The smallest absolute Gasteiger partial charge is 0.268 e. The largest absolute Gasteiger partial charge is 0.394 e. The Kier molecular flexibility index (Phi) is 6.16. The summed E-state index contributed by atoms with van der Waals surface area (Å²) in [4.78, 5) is 15.2. The minimum atomic E-state index is -0.282. The van der Waals surface area contributed by atoms with E-state index in [4.69, 9.17) is 16.1 Å². The maximum atomic E-state index is 12.3. The summed E-state index contributed by atoms with van der Waals surface area (Å²) >= 11 is 6.01. The minimum Gasteiger partial charge on any atom is -0.394 e. The Morgan fingerprint density at radius 2 is 2.26 bits per heavy atom. The Bertz CT molecular complexity index is 902. The van der Waals surface area contributed by atoms with Gasteiger partial charge in [0.15, 0.2) is 5.76 Å². The van der Waals surface area contributed by atoms with Crippen LogP contribution in [0.1, 0.15) is 29.4 Å². The van der Waals surface area contributed by atoms with Gasteiger partial charge in [-0.3, -0.25) is 4.79 Å². The number of aromatic amines is 1. The lowest BCUT2D eigenvalue weighted by Crippen LogP contribution is -2.37. The summed E-state index contributed by atoms with van der Waals surface area (Å²) < 4.78 is 5.35. The molecule has 1 aromatic carbocycles. The molecule has 0 radical (unpaired) electrons. The molecule has 0 fully saturated rings. The SMILES string of the molecule is CC[C@H](CO)NC(=O)c1cc(-c2oncc2NCc2cccc(Cl)c2)c[nH]1. The van der Waals surface area contributed by atoms with E-state index < -0.39 is 0 Å². The van der Waals surface area contributed by atoms with Crippen LogP contribution >= 0.6 is 11.6 Å².